The Kier molecular flexibility index (Phi) is 3.93. The van der Waals surface area contributed by atoms with Gasteiger partial charge in [0.05, 0.1) is 0 Å². The van der Waals surface area contributed by atoms with Crippen molar-refractivity contribution in [3.05, 3.63) is 24.0 Å². The van der Waals surface area contributed by atoms with Crippen LogP contribution in [0.4, 0.5) is 0 Å². The van der Waals surface area contributed by atoms with Crippen LogP contribution in [-0.4, -0.2) is 37.1 Å². The van der Waals surface area contributed by atoms with Crippen molar-refractivity contribution in [2.75, 3.05) is 20.2 Å². The van der Waals surface area contributed by atoms with E-state index in [0.29, 0.717) is 24.1 Å². The van der Waals surface area contributed by atoms with Gasteiger partial charge >= 0.3 is 0 Å². The molecule has 2 heterocycles. The fourth-order valence-corrected chi connectivity index (χ4v) is 1.85. The van der Waals surface area contributed by atoms with Gasteiger partial charge in [0.25, 0.3) is 5.91 Å². The van der Waals surface area contributed by atoms with Gasteiger partial charge in [-0.1, -0.05) is 0 Å². The molecule has 0 spiro atoms. The topological polar surface area (TPSA) is 63.2 Å². The Balaban J connectivity index is 1.93. The van der Waals surface area contributed by atoms with Crippen LogP contribution in [0, 0.1) is 0 Å². The predicted molar refractivity (Wildman–Crippen MR) is 64.1 cm³/mol. The highest BCUT2D eigenvalue weighted by atomic mass is 16.5. The summed E-state index contributed by atoms with van der Waals surface area (Å²) in [5, 5.41) is 5.89. The van der Waals surface area contributed by atoms with Crippen molar-refractivity contribution in [1.29, 1.82) is 0 Å². The van der Waals surface area contributed by atoms with E-state index in [1.807, 2.05) is 0 Å². The second-order valence-electron chi connectivity index (χ2n) is 4.06. The summed E-state index contributed by atoms with van der Waals surface area (Å²) >= 11 is 0. The summed E-state index contributed by atoms with van der Waals surface area (Å²) in [6, 6.07) is 3.85. The van der Waals surface area contributed by atoms with Crippen LogP contribution in [0.1, 0.15) is 23.3 Å². The molecule has 1 saturated heterocycles. The molecule has 1 atom stereocenters. The molecule has 5 heteroatoms. The highest BCUT2D eigenvalue weighted by Crippen LogP contribution is 2.13. The molecule has 1 aliphatic rings. The van der Waals surface area contributed by atoms with Crippen LogP contribution >= 0.6 is 0 Å². The Morgan fingerprint density at radius 3 is 3.29 bits per heavy atom. The van der Waals surface area contributed by atoms with E-state index in [1.54, 1.807) is 25.4 Å². The van der Waals surface area contributed by atoms with Gasteiger partial charge in [0.1, 0.15) is 18.1 Å². The van der Waals surface area contributed by atoms with Gasteiger partial charge in [0, 0.05) is 25.4 Å². The third-order valence-corrected chi connectivity index (χ3v) is 2.80. The molecule has 5 nitrogen and oxygen atoms in total. The Morgan fingerprint density at radius 2 is 2.59 bits per heavy atom. The van der Waals surface area contributed by atoms with Crippen LogP contribution in [0.3, 0.4) is 0 Å². The summed E-state index contributed by atoms with van der Waals surface area (Å²) in [5.41, 5.74) is 0.379. The number of amides is 1. The maximum Gasteiger partial charge on any atom is 0.269 e. The Bertz CT molecular complexity index is 389. The first-order valence-corrected chi connectivity index (χ1v) is 5.84. The van der Waals surface area contributed by atoms with Crippen LogP contribution in [0.15, 0.2) is 18.3 Å². The number of nitrogens with zero attached hydrogens (tertiary/aromatic N) is 1. The highest BCUT2D eigenvalue weighted by Gasteiger charge is 2.14. The van der Waals surface area contributed by atoms with Crippen molar-refractivity contribution in [1.82, 2.24) is 15.6 Å². The molecule has 0 bridgehead atoms. The van der Waals surface area contributed by atoms with E-state index >= 15 is 0 Å². The molecule has 1 unspecified atom stereocenters. The molecule has 1 amide bonds. The van der Waals surface area contributed by atoms with Gasteiger partial charge in [0.15, 0.2) is 0 Å². The fourth-order valence-electron chi connectivity index (χ4n) is 1.85. The molecular formula is C12H17N3O2. The molecule has 1 fully saturated rings. The monoisotopic (exact) mass is 235 g/mol. The number of nitrogens with one attached hydrogen (secondary N) is 2. The first kappa shape index (κ1) is 11.9. The third-order valence-electron chi connectivity index (χ3n) is 2.80. The van der Waals surface area contributed by atoms with E-state index in [4.69, 9.17) is 4.74 Å². The molecule has 0 saturated carbocycles. The van der Waals surface area contributed by atoms with Crippen LogP contribution in [0.25, 0.3) is 0 Å². The molecule has 2 rings (SSSR count). The molecular weight excluding hydrogens is 218 g/mol. The number of hydrogen-bond donors (Lipinski definition) is 2. The van der Waals surface area contributed by atoms with Crippen LogP contribution in [0.2, 0.25) is 0 Å². The van der Waals surface area contributed by atoms with Gasteiger partial charge < -0.3 is 15.4 Å². The molecule has 0 radical (unpaired) electrons. The zero-order valence-corrected chi connectivity index (χ0v) is 9.90. The highest BCUT2D eigenvalue weighted by molar-refractivity contribution is 5.92. The van der Waals surface area contributed by atoms with Crippen molar-refractivity contribution in [3.63, 3.8) is 0 Å². The lowest BCUT2D eigenvalue weighted by Crippen LogP contribution is -2.28. The van der Waals surface area contributed by atoms with E-state index in [9.17, 15) is 4.79 Å². The number of rotatable bonds is 4. The second kappa shape index (κ2) is 5.63. The summed E-state index contributed by atoms with van der Waals surface area (Å²) in [6.07, 6.45) is 3.93. The average Bonchev–Trinajstić information content (AvgIpc) is 2.89. The minimum atomic E-state index is -0.200. The molecule has 17 heavy (non-hydrogen) atoms. The zero-order chi connectivity index (χ0) is 12.1. The van der Waals surface area contributed by atoms with E-state index in [1.165, 1.54) is 6.42 Å². The normalized spacial score (nSPS) is 19.0. The summed E-state index contributed by atoms with van der Waals surface area (Å²) in [7, 11) is 1.58. The van der Waals surface area contributed by atoms with Gasteiger partial charge in [-0.15, -0.1) is 0 Å². The van der Waals surface area contributed by atoms with Gasteiger partial charge in [-0.2, -0.15) is 0 Å². The number of ether oxygens (including phenoxy) is 1. The maximum absolute atomic E-state index is 11.4. The predicted octanol–water partition coefficient (Wildman–Crippen LogP) is 0.572. The Labute approximate surface area is 101 Å². The first-order valence-electron chi connectivity index (χ1n) is 5.84. The molecule has 1 aromatic heterocycles. The molecule has 1 aliphatic heterocycles. The third kappa shape index (κ3) is 3.17. The summed E-state index contributed by atoms with van der Waals surface area (Å²) in [5.74, 6) is 0.488. The molecule has 0 aliphatic carbocycles. The largest absolute Gasteiger partial charge is 0.492 e. The summed E-state index contributed by atoms with van der Waals surface area (Å²) in [6.45, 7) is 1.70. The lowest BCUT2D eigenvalue weighted by molar-refractivity contribution is 0.0957. The van der Waals surface area contributed by atoms with Crippen molar-refractivity contribution >= 4 is 5.91 Å². The van der Waals surface area contributed by atoms with Crippen LogP contribution in [0.5, 0.6) is 5.75 Å². The number of pyridine rings is 1. The van der Waals surface area contributed by atoms with Crippen LogP contribution in [-0.2, 0) is 0 Å². The molecule has 2 N–H and O–H groups in total. The maximum atomic E-state index is 11.4. The van der Waals surface area contributed by atoms with Crippen LogP contribution < -0.4 is 15.4 Å². The minimum absolute atomic E-state index is 0.200. The van der Waals surface area contributed by atoms with Crippen molar-refractivity contribution < 1.29 is 9.53 Å². The standard InChI is InChI=1S/C12H17N3O2/c1-13-12(16)11-7-10(4-6-15-11)17-8-9-3-2-5-14-9/h4,6-7,9,14H,2-3,5,8H2,1H3,(H,13,16). The van der Waals surface area contributed by atoms with E-state index in [2.05, 4.69) is 15.6 Å². The average molecular weight is 235 g/mol. The second-order valence-corrected chi connectivity index (χ2v) is 4.06. The molecule has 1 aromatic rings. The molecule has 92 valence electrons. The number of carbonyl (C=O) groups excluding carboxylic acids is 1. The number of carbonyl (C=O) groups is 1. The quantitative estimate of drug-likeness (QED) is 0.801. The lowest BCUT2D eigenvalue weighted by Gasteiger charge is -2.12. The van der Waals surface area contributed by atoms with E-state index in [0.717, 1.165) is 13.0 Å². The summed E-state index contributed by atoms with van der Waals surface area (Å²) < 4.78 is 5.64. The van der Waals surface area contributed by atoms with Gasteiger partial charge in [-0.3, -0.25) is 9.78 Å². The van der Waals surface area contributed by atoms with Gasteiger partial charge in [-0.05, 0) is 25.5 Å². The first-order chi connectivity index (χ1) is 8.29. The lowest BCUT2D eigenvalue weighted by atomic mass is 10.2. The number of hydrogen-bond acceptors (Lipinski definition) is 4. The SMILES string of the molecule is CNC(=O)c1cc(OCC2CCCN2)ccn1. The van der Waals surface area contributed by atoms with E-state index in [-0.39, 0.29) is 5.91 Å². The minimum Gasteiger partial charge on any atom is -0.492 e. The van der Waals surface area contributed by atoms with E-state index < -0.39 is 0 Å². The number of aromatic nitrogens is 1. The zero-order valence-electron chi connectivity index (χ0n) is 9.90. The summed E-state index contributed by atoms with van der Waals surface area (Å²) in [4.78, 5) is 15.4. The smallest absolute Gasteiger partial charge is 0.269 e. The van der Waals surface area contributed by atoms with Crippen molar-refractivity contribution in [2.24, 2.45) is 0 Å². The molecule has 0 aromatic carbocycles. The van der Waals surface area contributed by atoms with Gasteiger partial charge in [-0.25, -0.2) is 0 Å². The van der Waals surface area contributed by atoms with Crippen molar-refractivity contribution in [3.8, 4) is 5.75 Å². The Morgan fingerprint density at radius 1 is 1.71 bits per heavy atom. The fraction of sp³-hybridized carbons (Fsp3) is 0.500. The Hall–Kier alpha value is -1.62. The van der Waals surface area contributed by atoms with Gasteiger partial charge in [0.2, 0.25) is 0 Å². The van der Waals surface area contributed by atoms with Crippen molar-refractivity contribution in [2.45, 2.75) is 18.9 Å².